The molecule has 1 aromatic rings. The van der Waals surface area contributed by atoms with Crippen molar-refractivity contribution in [1.29, 1.82) is 0 Å². The van der Waals surface area contributed by atoms with E-state index in [0.29, 0.717) is 17.9 Å². The zero-order valence-corrected chi connectivity index (χ0v) is 11.3. The average molecular weight is 225 g/mol. The molecule has 0 saturated heterocycles. The monoisotopic (exact) mass is 225 g/mol. The fourth-order valence-electron chi connectivity index (χ4n) is 1.84. The molecule has 0 spiro atoms. The van der Waals surface area contributed by atoms with E-state index in [2.05, 4.69) is 51.4 Å². The molecule has 0 aliphatic rings. The third-order valence-corrected chi connectivity index (χ3v) is 3.99. The van der Waals surface area contributed by atoms with Gasteiger partial charge >= 0.3 is 0 Å². The average Bonchev–Trinajstić information content (AvgIpc) is 2.60. The minimum absolute atomic E-state index is 0.514. The molecule has 15 heavy (non-hydrogen) atoms. The molecule has 1 rings (SSSR count). The van der Waals surface area contributed by atoms with Gasteiger partial charge < -0.3 is 5.32 Å². The van der Waals surface area contributed by atoms with Crippen LogP contribution in [0.5, 0.6) is 0 Å². The molecule has 2 atom stereocenters. The first-order valence-electron chi connectivity index (χ1n) is 5.84. The highest BCUT2D eigenvalue weighted by molar-refractivity contribution is 7.10. The number of hydrogen-bond acceptors (Lipinski definition) is 2. The fraction of sp³-hybridized carbons (Fsp3) is 0.692. The van der Waals surface area contributed by atoms with Crippen molar-refractivity contribution >= 4 is 11.3 Å². The molecule has 1 heterocycles. The smallest absolute Gasteiger partial charge is 0.0356 e. The van der Waals surface area contributed by atoms with E-state index in [1.165, 1.54) is 10.4 Å². The first kappa shape index (κ1) is 12.7. The molecular weight excluding hydrogens is 202 g/mol. The molecule has 0 aromatic carbocycles. The lowest BCUT2D eigenvalue weighted by Gasteiger charge is -2.27. The van der Waals surface area contributed by atoms with Crippen LogP contribution < -0.4 is 5.32 Å². The van der Waals surface area contributed by atoms with Gasteiger partial charge in [0.1, 0.15) is 0 Å². The van der Waals surface area contributed by atoms with Crippen molar-refractivity contribution in [2.45, 2.75) is 40.7 Å². The van der Waals surface area contributed by atoms with E-state index in [1.54, 1.807) is 0 Å². The first-order chi connectivity index (χ1) is 7.06. The summed E-state index contributed by atoms with van der Waals surface area (Å²) < 4.78 is 0. The highest BCUT2D eigenvalue weighted by atomic mass is 32.1. The lowest BCUT2D eigenvalue weighted by molar-refractivity contribution is 0.308. The quantitative estimate of drug-likeness (QED) is 0.798. The number of rotatable bonds is 5. The van der Waals surface area contributed by atoms with Crippen LogP contribution in [-0.2, 0) is 0 Å². The van der Waals surface area contributed by atoms with E-state index in [-0.39, 0.29) is 0 Å². The highest BCUT2D eigenvalue weighted by Crippen LogP contribution is 2.30. The van der Waals surface area contributed by atoms with Crippen molar-refractivity contribution in [3.8, 4) is 0 Å². The molecule has 1 N–H and O–H groups in total. The number of hydrogen-bond donors (Lipinski definition) is 1. The van der Waals surface area contributed by atoms with Crippen molar-refractivity contribution in [2.24, 2.45) is 11.8 Å². The summed E-state index contributed by atoms with van der Waals surface area (Å²) in [5, 5.41) is 5.89. The SMILES string of the molecule is CCNC(c1csc(C)c1)C(C)C(C)C. The number of nitrogens with one attached hydrogen (secondary N) is 1. The summed E-state index contributed by atoms with van der Waals surface area (Å²) in [4.78, 5) is 1.41. The summed E-state index contributed by atoms with van der Waals surface area (Å²) in [7, 11) is 0. The molecule has 0 amide bonds. The van der Waals surface area contributed by atoms with Crippen LogP contribution in [0.1, 0.15) is 44.2 Å². The molecule has 2 unspecified atom stereocenters. The largest absolute Gasteiger partial charge is 0.310 e. The summed E-state index contributed by atoms with van der Waals surface area (Å²) in [6, 6.07) is 2.83. The molecule has 86 valence electrons. The fourth-order valence-corrected chi connectivity index (χ4v) is 2.58. The van der Waals surface area contributed by atoms with Gasteiger partial charge in [-0.2, -0.15) is 0 Å². The van der Waals surface area contributed by atoms with Gasteiger partial charge in [-0.3, -0.25) is 0 Å². The summed E-state index contributed by atoms with van der Waals surface area (Å²) in [6.07, 6.45) is 0. The standard InChI is InChI=1S/C13H23NS/c1-6-14-13(11(5)9(2)3)12-7-10(4)15-8-12/h7-9,11,13-14H,6H2,1-5H3. The van der Waals surface area contributed by atoms with Gasteiger partial charge in [-0.15, -0.1) is 11.3 Å². The van der Waals surface area contributed by atoms with Gasteiger partial charge in [-0.05, 0) is 42.3 Å². The molecule has 0 fully saturated rings. The lowest BCUT2D eigenvalue weighted by Crippen LogP contribution is -2.29. The Morgan fingerprint density at radius 3 is 2.40 bits per heavy atom. The van der Waals surface area contributed by atoms with E-state index >= 15 is 0 Å². The molecular formula is C13H23NS. The van der Waals surface area contributed by atoms with E-state index in [1.807, 2.05) is 11.3 Å². The van der Waals surface area contributed by atoms with Gasteiger partial charge in [0.15, 0.2) is 0 Å². The Bertz CT molecular complexity index is 290. The van der Waals surface area contributed by atoms with Crippen molar-refractivity contribution < 1.29 is 0 Å². The lowest BCUT2D eigenvalue weighted by atomic mass is 9.87. The zero-order chi connectivity index (χ0) is 11.4. The van der Waals surface area contributed by atoms with Crippen LogP contribution in [-0.4, -0.2) is 6.54 Å². The predicted molar refractivity (Wildman–Crippen MR) is 69.5 cm³/mol. The summed E-state index contributed by atoms with van der Waals surface area (Å²) in [5.74, 6) is 1.40. The zero-order valence-electron chi connectivity index (χ0n) is 10.5. The molecule has 0 radical (unpaired) electrons. The van der Waals surface area contributed by atoms with Crippen molar-refractivity contribution in [2.75, 3.05) is 6.54 Å². The van der Waals surface area contributed by atoms with Crippen molar-refractivity contribution in [3.05, 3.63) is 21.9 Å². The Morgan fingerprint density at radius 2 is 2.00 bits per heavy atom. The Kier molecular flexibility index (Phi) is 4.81. The second-order valence-corrected chi connectivity index (χ2v) is 5.74. The number of thiophene rings is 1. The molecule has 0 aliphatic heterocycles. The van der Waals surface area contributed by atoms with Crippen LogP contribution in [0.25, 0.3) is 0 Å². The summed E-state index contributed by atoms with van der Waals surface area (Å²) in [5.41, 5.74) is 1.46. The second-order valence-electron chi connectivity index (χ2n) is 4.63. The first-order valence-corrected chi connectivity index (χ1v) is 6.72. The minimum atomic E-state index is 0.514. The molecule has 0 saturated carbocycles. The van der Waals surface area contributed by atoms with Gasteiger partial charge in [0.25, 0.3) is 0 Å². The van der Waals surface area contributed by atoms with Gasteiger partial charge in [0, 0.05) is 10.9 Å². The molecule has 2 heteroatoms. The topological polar surface area (TPSA) is 12.0 Å². The Labute approximate surface area is 97.9 Å². The Morgan fingerprint density at radius 1 is 1.33 bits per heavy atom. The normalized spacial score (nSPS) is 15.6. The van der Waals surface area contributed by atoms with Gasteiger partial charge in [0.2, 0.25) is 0 Å². The predicted octanol–water partition coefficient (Wildman–Crippen LogP) is 4.00. The van der Waals surface area contributed by atoms with Crippen LogP contribution in [0.15, 0.2) is 11.4 Å². The third-order valence-electron chi connectivity index (χ3n) is 3.11. The van der Waals surface area contributed by atoms with Crippen LogP contribution >= 0.6 is 11.3 Å². The van der Waals surface area contributed by atoms with Crippen LogP contribution in [0.2, 0.25) is 0 Å². The molecule has 0 aliphatic carbocycles. The van der Waals surface area contributed by atoms with Crippen molar-refractivity contribution in [3.63, 3.8) is 0 Å². The Balaban J connectivity index is 2.82. The van der Waals surface area contributed by atoms with E-state index in [0.717, 1.165) is 6.54 Å². The van der Waals surface area contributed by atoms with E-state index in [4.69, 9.17) is 0 Å². The molecule has 1 nitrogen and oxygen atoms in total. The maximum Gasteiger partial charge on any atom is 0.0356 e. The van der Waals surface area contributed by atoms with Crippen LogP contribution in [0.4, 0.5) is 0 Å². The third kappa shape index (κ3) is 3.32. The van der Waals surface area contributed by atoms with Gasteiger partial charge in [-0.25, -0.2) is 0 Å². The minimum Gasteiger partial charge on any atom is -0.310 e. The molecule has 1 aromatic heterocycles. The number of aryl methyl sites for hydroxylation is 1. The van der Waals surface area contributed by atoms with Crippen LogP contribution in [0.3, 0.4) is 0 Å². The summed E-state index contributed by atoms with van der Waals surface area (Å²) in [6.45, 7) is 12.3. The maximum atomic E-state index is 3.60. The van der Waals surface area contributed by atoms with Gasteiger partial charge in [0.05, 0.1) is 0 Å². The summed E-state index contributed by atoms with van der Waals surface area (Å²) >= 11 is 1.85. The highest BCUT2D eigenvalue weighted by Gasteiger charge is 2.21. The molecule has 0 bridgehead atoms. The Hall–Kier alpha value is -0.340. The van der Waals surface area contributed by atoms with E-state index in [9.17, 15) is 0 Å². The van der Waals surface area contributed by atoms with Crippen molar-refractivity contribution in [1.82, 2.24) is 5.32 Å². The van der Waals surface area contributed by atoms with E-state index < -0.39 is 0 Å². The maximum absolute atomic E-state index is 3.60. The van der Waals surface area contributed by atoms with Crippen LogP contribution in [0, 0.1) is 18.8 Å². The second kappa shape index (κ2) is 5.66. The van der Waals surface area contributed by atoms with Gasteiger partial charge in [-0.1, -0.05) is 27.7 Å².